The molecule has 0 radical (unpaired) electrons. The first-order valence-corrected chi connectivity index (χ1v) is 9.09. The molecular formula is C18H25N5O2. The number of piperazine rings is 1. The van der Waals surface area contributed by atoms with Gasteiger partial charge in [-0.2, -0.15) is 0 Å². The van der Waals surface area contributed by atoms with E-state index in [1.54, 1.807) is 13.3 Å². The van der Waals surface area contributed by atoms with Gasteiger partial charge < -0.3 is 14.2 Å². The van der Waals surface area contributed by atoms with E-state index < -0.39 is 0 Å². The molecule has 0 unspecified atom stereocenters. The van der Waals surface area contributed by atoms with Crippen molar-refractivity contribution in [3.63, 3.8) is 0 Å². The van der Waals surface area contributed by atoms with Gasteiger partial charge in [-0.25, -0.2) is 9.97 Å². The van der Waals surface area contributed by atoms with Gasteiger partial charge in [-0.3, -0.25) is 9.69 Å². The number of imidazole rings is 1. The zero-order valence-corrected chi connectivity index (χ0v) is 14.7. The summed E-state index contributed by atoms with van der Waals surface area (Å²) in [7, 11) is 1.73. The second kappa shape index (κ2) is 7.09. The van der Waals surface area contributed by atoms with Crippen molar-refractivity contribution in [2.75, 3.05) is 46.4 Å². The minimum absolute atomic E-state index is 0.0620. The Bertz CT molecular complexity index is 747. The van der Waals surface area contributed by atoms with Crippen molar-refractivity contribution in [2.24, 2.45) is 0 Å². The van der Waals surface area contributed by atoms with E-state index in [1.807, 2.05) is 17.3 Å². The fourth-order valence-corrected chi connectivity index (χ4v) is 3.45. The third-order valence-corrected chi connectivity index (χ3v) is 5.08. The standard InChI is InChI=1S/C18H25N5O2/c1-25-10-2-5-21-6-8-22(9-7-21)18(24)14-11-16-17(19-12-14)23(13-20-16)15-3-4-15/h11-13,15H,2-10H2,1H3. The molecule has 7 heteroatoms. The highest BCUT2D eigenvalue weighted by Gasteiger charge is 2.26. The SMILES string of the molecule is COCCCN1CCN(C(=O)c2cnc3c(c2)ncn3C2CC2)CC1. The molecule has 0 bridgehead atoms. The summed E-state index contributed by atoms with van der Waals surface area (Å²) < 4.78 is 7.23. The van der Waals surface area contributed by atoms with Crippen molar-refractivity contribution in [1.29, 1.82) is 0 Å². The van der Waals surface area contributed by atoms with Crippen LogP contribution in [0.3, 0.4) is 0 Å². The predicted molar refractivity (Wildman–Crippen MR) is 94.6 cm³/mol. The Hall–Kier alpha value is -1.99. The Labute approximate surface area is 147 Å². The lowest BCUT2D eigenvalue weighted by atomic mass is 10.2. The topological polar surface area (TPSA) is 63.5 Å². The lowest BCUT2D eigenvalue weighted by Crippen LogP contribution is -2.49. The van der Waals surface area contributed by atoms with Crippen LogP contribution in [0.4, 0.5) is 0 Å². The van der Waals surface area contributed by atoms with E-state index in [0.29, 0.717) is 11.6 Å². The smallest absolute Gasteiger partial charge is 0.255 e. The zero-order chi connectivity index (χ0) is 17.2. The highest BCUT2D eigenvalue weighted by Crippen LogP contribution is 2.36. The number of amides is 1. The number of ether oxygens (including phenoxy) is 1. The number of rotatable bonds is 6. The van der Waals surface area contributed by atoms with Gasteiger partial charge in [0.25, 0.3) is 5.91 Å². The van der Waals surface area contributed by atoms with Crippen LogP contribution in [0.2, 0.25) is 0 Å². The van der Waals surface area contributed by atoms with Crippen molar-refractivity contribution < 1.29 is 9.53 Å². The second-order valence-electron chi connectivity index (χ2n) is 6.93. The van der Waals surface area contributed by atoms with Gasteiger partial charge in [-0.1, -0.05) is 0 Å². The number of pyridine rings is 1. The van der Waals surface area contributed by atoms with E-state index >= 15 is 0 Å². The molecule has 0 N–H and O–H groups in total. The Morgan fingerprint density at radius 1 is 1.24 bits per heavy atom. The molecule has 1 amide bonds. The molecule has 1 aliphatic heterocycles. The molecule has 25 heavy (non-hydrogen) atoms. The average molecular weight is 343 g/mol. The summed E-state index contributed by atoms with van der Waals surface area (Å²) in [6, 6.07) is 2.43. The molecule has 1 saturated carbocycles. The molecule has 134 valence electrons. The third-order valence-electron chi connectivity index (χ3n) is 5.08. The lowest BCUT2D eigenvalue weighted by molar-refractivity contribution is 0.0624. The summed E-state index contributed by atoms with van der Waals surface area (Å²) in [4.78, 5) is 26.0. The maximum atomic E-state index is 12.8. The van der Waals surface area contributed by atoms with E-state index in [2.05, 4.69) is 19.4 Å². The van der Waals surface area contributed by atoms with Crippen molar-refractivity contribution >= 4 is 17.1 Å². The van der Waals surface area contributed by atoms with Crippen LogP contribution in [0.5, 0.6) is 0 Å². The average Bonchev–Trinajstić information content (AvgIpc) is 3.41. The second-order valence-corrected chi connectivity index (χ2v) is 6.93. The molecule has 1 saturated heterocycles. The Morgan fingerprint density at radius 2 is 2.04 bits per heavy atom. The number of nitrogens with zero attached hydrogens (tertiary/aromatic N) is 5. The van der Waals surface area contributed by atoms with Crippen molar-refractivity contribution in [3.8, 4) is 0 Å². The van der Waals surface area contributed by atoms with E-state index in [9.17, 15) is 4.79 Å². The molecule has 2 aliphatic rings. The number of carbonyl (C=O) groups is 1. The van der Waals surface area contributed by atoms with E-state index in [1.165, 1.54) is 12.8 Å². The minimum atomic E-state index is 0.0620. The molecule has 0 atom stereocenters. The Morgan fingerprint density at radius 3 is 2.76 bits per heavy atom. The van der Waals surface area contributed by atoms with Crippen LogP contribution in [0.25, 0.3) is 11.2 Å². The summed E-state index contributed by atoms with van der Waals surface area (Å²) in [5.41, 5.74) is 2.35. The van der Waals surface area contributed by atoms with Crippen LogP contribution >= 0.6 is 0 Å². The molecule has 1 aliphatic carbocycles. The van der Waals surface area contributed by atoms with Crippen molar-refractivity contribution in [3.05, 3.63) is 24.2 Å². The molecule has 4 rings (SSSR count). The maximum absolute atomic E-state index is 12.8. The normalized spacial score (nSPS) is 18.8. The van der Waals surface area contributed by atoms with Crippen LogP contribution in [0.15, 0.2) is 18.6 Å². The van der Waals surface area contributed by atoms with Crippen molar-refractivity contribution in [2.45, 2.75) is 25.3 Å². The van der Waals surface area contributed by atoms with Gasteiger partial charge >= 0.3 is 0 Å². The van der Waals surface area contributed by atoms with E-state index in [4.69, 9.17) is 4.74 Å². The third kappa shape index (κ3) is 3.52. The highest BCUT2D eigenvalue weighted by atomic mass is 16.5. The highest BCUT2D eigenvalue weighted by molar-refractivity contribution is 5.96. The van der Waals surface area contributed by atoms with Gasteiger partial charge in [0.15, 0.2) is 5.65 Å². The van der Waals surface area contributed by atoms with Crippen LogP contribution in [-0.2, 0) is 4.74 Å². The quantitative estimate of drug-likeness (QED) is 0.745. The molecule has 2 aromatic rings. The zero-order valence-electron chi connectivity index (χ0n) is 14.7. The molecule has 2 fully saturated rings. The largest absolute Gasteiger partial charge is 0.385 e. The Balaban J connectivity index is 1.39. The summed E-state index contributed by atoms with van der Waals surface area (Å²) in [6.07, 6.45) is 6.98. The number of carbonyl (C=O) groups excluding carboxylic acids is 1. The van der Waals surface area contributed by atoms with Gasteiger partial charge in [-0.05, 0) is 25.3 Å². The number of fused-ring (bicyclic) bond motifs is 1. The minimum Gasteiger partial charge on any atom is -0.385 e. The molecular weight excluding hydrogens is 318 g/mol. The lowest BCUT2D eigenvalue weighted by Gasteiger charge is -2.34. The first-order chi connectivity index (χ1) is 12.3. The van der Waals surface area contributed by atoms with Crippen LogP contribution in [0, 0.1) is 0 Å². The maximum Gasteiger partial charge on any atom is 0.255 e. The van der Waals surface area contributed by atoms with E-state index in [-0.39, 0.29) is 5.91 Å². The number of hydrogen-bond donors (Lipinski definition) is 0. The van der Waals surface area contributed by atoms with Gasteiger partial charge in [0, 0.05) is 58.7 Å². The van der Waals surface area contributed by atoms with Gasteiger partial charge in [0.1, 0.15) is 5.52 Å². The summed E-state index contributed by atoms with van der Waals surface area (Å²) in [6.45, 7) is 5.18. The fourth-order valence-electron chi connectivity index (χ4n) is 3.45. The molecule has 0 aromatic carbocycles. The number of aromatic nitrogens is 3. The van der Waals surface area contributed by atoms with Crippen LogP contribution < -0.4 is 0 Å². The predicted octanol–water partition coefficient (Wildman–Crippen LogP) is 1.56. The monoisotopic (exact) mass is 343 g/mol. The van der Waals surface area contributed by atoms with Crippen LogP contribution in [-0.4, -0.2) is 76.7 Å². The van der Waals surface area contributed by atoms with Crippen LogP contribution in [0.1, 0.15) is 35.7 Å². The van der Waals surface area contributed by atoms with E-state index in [0.717, 1.165) is 56.9 Å². The summed E-state index contributed by atoms with van der Waals surface area (Å²) >= 11 is 0. The summed E-state index contributed by atoms with van der Waals surface area (Å²) in [5, 5.41) is 0. The molecule has 0 spiro atoms. The first-order valence-electron chi connectivity index (χ1n) is 9.09. The number of methoxy groups -OCH3 is 1. The van der Waals surface area contributed by atoms with Gasteiger partial charge in [-0.15, -0.1) is 0 Å². The van der Waals surface area contributed by atoms with Crippen molar-refractivity contribution in [1.82, 2.24) is 24.3 Å². The van der Waals surface area contributed by atoms with Gasteiger partial charge in [0.05, 0.1) is 11.9 Å². The molecule has 3 heterocycles. The Kier molecular flexibility index (Phi) is 4.67. The molecule has 2 aromatic heterocycles. The summed E-state index contributed by atoms with van der Waals surface area (Å²) in [5.74, 6) is 0.0620. The number of hydrogen-bond acceptors (Lipinski definition) is 5. The van der Waals surface area contributed by atoms with Gasteiger partial charge in [0.2, 0.25) is 0 Å². The first kappa shape index (κ1) is 16.5. The fraction of sp³-hybridized carbons (Fsp3) is 0.611. The molecule has 7 nitrogen and oxygen atoms in total.